The average molecular weight is 537 g/mol. The van der Waals surface area contributed by atoms with Crippen molar-refractivity contribution in [2.45, 2.75) is 116 Å². The van der Waals surface area contributed by atoms with E-state index in [4.69, 9.17) is 19.5 Å². The number of imidazole rings is 1. The summed E-state index contributed by atoms with van der Waals surface area (Å²) in [5.74, 6) is 3.67. The van der Waals surface area contributed by atoms with Crippen molar-refractivity contribution in [1.82, 2.24) is 29.7 Å². The molecule has 0 bridgehead atoms. The van der Waals surface area contributed by atoms with Crippen LogP contribution in [-0.4, -0.2) is 48.3 Å². The Bertz CT molecular complexity index is 1320. The van der Waals surface area contributed by atoms with Gasteiger partial charge in [0, 0.05) is 25.2 Å². The largest absolute Gasteiger partial charge is 0.439 e. The fourth-order valence-corrected chi connectivity index (χ4v) is 6.90. The standard InChI is InChI=1S/C29H44N8O2/c1-18(2)16-22-14-7-8-15-36(22)28-33-25-23(37(28)17-20-10-5-4-6-11-20)24(30-19(3)21-12-9-13-21)31-26(32-25)27-34-29(38)39-35-27/h18-22H,4-17H2,1-3H3,(H,30,31,32)(H,34,35,38)/t19-,22?/m1/s1. The molecule has 3 aliphatic rings. The molecule has 3 aromatic rings. The van der Waals surface area contributed by atoms with Crippen LogP contribution in [0.1, 0.15) is 97.8 Å². The third-order valence-electron chi connectivity index (χ3n) is 9.25. The van der Waals surface area contributed by atoms with Gasteiger partial charge in [0.05, 0.1) is 0 Å². The summed E-state index contributed by atoms with van der Waals surface area (Å²) in [6, 6.07) is 0.761. The van der Waals surface area contributed by atoms with E-state index in [1.54, 1.807) is 0 Å². The normalized spacial score (nSPS) is 21.9. The summed E-state index contributed by atoms with van der Waals surface area (Å²) in [5, 5.41) is 7.65. The molecule has 10 heteroatoms. The van der Waals surface area contributed by atoms with Gasteiger partial charge in [-0.05, 0) is 76.0 Å². The molecule has 1 aliphatic heterocycles. The van der Waals surface area contributed by atoms with Gasteiger partial charge in [0.1, 0.15) is 5.52 Å². The van der Waals surface area contributed by atoms with Crippen LogP contribution in [0.5, 0.6) is 0 Å². The molecular formula is C29H44N8O2. The molecule has 1 saturated heterocycles. The number of aromatic nitrogens is 6. The molecule has 2 N–H and O–H groups in total. The Labute approximate surface area is 230 Å². The number of fused-ring (bicyclic) bond motifs is 1. The molecule has 1 unspecified atom stereocenters. The van der Waals surface area contributed by atoms with Crippen molar-refractivity contribution in [1.29, 1.82) is 0 Å². The van der Waals surface area contributed by atoms with Gasteiger partial charge in [0.25, 0.3) is 0 Å². The summed E-state index contributed by atoms with van der Waals surface area (Å²) in [5.41, 5.74) is 1.64. The zero-order valence-corrected chi connectivity index (χ0v) is 23.8. The molecule has 3 fully saturated rings. The van der Waals surface area contributed by atoms with E-state index < -0.39 is 5.76 Å². The van der Waals surface area contributed by atoms with Gasteiger partial charge in [-0.3, -0.25) is 9.51 Å². The van der Waals surface area contributed by atoms with E-state index in [-0.39, 0.29) is 11.9 Å². The number of anilines is 2. The molecule has 10 nitrogen and oxygen atoms in total. The molecule has 2 saturated carbocycles. The third-order valence-corrected chi connectivity index (χ3v) is 9.25. The number of hydrogen-bond acceptors (Lipinski definition) is 8. The lowest BCUT2D eigenvalue weighted by molar-refractivity contribution is 0.285. The van der Waals surface area contributed by atoms with Gasteiger partial charge in [-0.2, -0.15) is 4.98 Å². The van der Waals surface area contributed by atoms with Crippen molar-refractivity contribution in [2.75, 3.05) is 16.8 Å². The lowest BCUT2D eigenvalue weighted by Crippen LogP contribution is -2.42. The number of aromatic amines is 1. The van der Waals surface area contributed by atoms with Gasteiger partial charge < -0.3 is 14.8 Å². The van der Waals surface area contributed by atoms with Crippen LogP contribution in [0.15, 0.2) is 9.32 Å². The summed E-state index contributed by atoms with van der Waals surface area (Å²) < 4.78 is 7.24. The number of nitrogens with zero attached hydrogens (tertiary/aromatic N) is 6. The lowest BCUT2D eigenvalue weighted by Gasteiger charge is -2.38. The summed E-state index contributed by atoms with van der Waals surface area (Å²) in [6.07, 6.45) is 15.0. The van der Waals surface area contributed by atoms with E-state index in [0.29, 0.717) is 35.3 Å². The number of nitrogens with one attached hydrogen (secondary N) is 2. The van der Waals surface area contributed by atoms with Crippen molar-refractivity contribution in [3.63, 3.8) is 0 Å². The summed E-state index contributed by atoms with van der Waals surface area (Å²) in [4.78, 5) is 32.0. The maximum absolute atomic E-state index is 11.8. The van der Waals surface area contributed by atoms with Crippen molar-refractivity contribution >= 4 is 22.9 Å². The Kier molecular flexibility index (Phi) is 7.62. The Morgan fingerprint density at radius 2 is 1.77 bits per heavy atom. The van der Waals surface area contributed by atoms with Crippen molar-refractivity contribution in [3.8, 4) is 11.6 Å². The Morgan fingerprint density at radius 1 is 0.974 bits per heavy atom. The third kappa shape index (κ3) is 5.57. The van der Waals surface area contributed by atoms with Crippen LogP contribution in [0.25, 0.3) is 22.8 Å². The van der Waals surface area contributed by atoms with Crippen LogP contribution in [0.4, 0.5) is 11.8 Å². The first-order valence-corrected chi connectivity index (χ1v) is 15.3. The van der Waals surface area contributed by atoms with E-state index in [2.05, 4.69) is 45.7 Å². The first-order valence-electron chi connectivity index (χ1n) is 15.3. The minimum absolute atomic E-state index is 0.236. The van der Waals surface area contributed by atoms with Crippen LogP contribution in [0.2, 0.25) is 0 Å². The predicted octanol–water partition coefficient (Wildman–Crippen LogP) is 5.76. The van der Waals surface area contributed by atoms with Crippen LogP contribution in [-0.2, 0) is 6.54 Å². The Morgan fingerprint density at radius 3 is 2.46 bits per heavy atom. The average Bonchev–Trinajstić information content (AvgIpc) is 3.47. The summed E-state index contributed by atoms with van der Waals surface area (Å²) >= 11 is 0. The maximum atomic E-state index is 11.8. The van der Waals surface area contributed by atoms with Gasteiger partial charge in [-0.25, -0.2) is 14.8 Å². The fraction of sp³-hybridized carbons (Fsp3) is 0.759. The van der Waals surface area contributed by atoms with E-state index in [0.717, 1.165) is 36.8 Å². The highest BCUT2D eigenvalue weighted by Crippen LogP contribution is 2.37. The van der Waals surface area contributed by atoms with Crippen molar-refractivity contribution < 1.29 is 4.52 Å². The van der Waals surface area contributed by atoms with Gasteiger partial charge >= 0.3 is 5.76 Å². The Balaban J connectivity index is 1.49. The van der Waals surface area contributed by atoms with Gasteiger partial charge in [0.15, 0.2) is 11.5 Å². The molecule has 3 aromatic heterocycles. The molecule has 4 heterocycles. The van der Waals surface area contributed by atoms with Gasteiger partial charge in [0.2, 0.25) is 17.6 Å². The van der Waals surface area contributed by atoms with E-state index in [9.17, 15) is 4.79 Å². The topological polar surface area (TPSA) is 118 Å². The number of H-pyrrole nitrogens is 1. The first kappa shape index (κ1) is 26.3. The maximum Gasteiger partial charge on any atom is 0.439 e. The molecule has 212 valence electrons. The van der Waals surface area contributed by atoms with E-state index >= 15 is 0 Å². The van der Waals surface area contributed by atoms with Gasteiger partial charge in [-0.15, -0.1) is 0 Å². The van der Waals surface area contributed by atoms with Crippen molar-refractivity contribution in [2.24, 2.45) is 17.8 Å². The molecular weight excluding hydrogens is 492 g/mol. The summed E-state index contributed by atoms with van der Waals surface area (Å²) in [6.45, 7) is 8.84. The Hall–Kier alpha value is -2.91. The highest BCUT2D eigenvalue weighted by atomic mass is 16.5. The van der Waals surface area contributed by atoms with Crippen LogP contribution < -0.4 is 16.0 Å². The minimum Gasteiger partial charge on any atom is -0.365 e. The SMILES string of the molecule is CC(C)CC1CCCCN1c1nc2nc(-c3noc(=O)[nH]3)nc(N[C@H](C)C3CCC3)c2n1CC1CCCCC1. The second kappa shape index (κ2) is 11.3. The molecule has 0 radical (unpaired) electrons. The molecule has 0 spiro atoms. The van der Waals surface area contributed by atoms with Gasteiger partial charge in [-0.1, -0.05) is 44.7 Å². The first-order chi connectivity index (χ1) is 19.0. The lowest BCUT2D eigenvalue weighted by atomic mass is 9.80. The van der Waals surface area contributed by atoms with Crippen LogP contribution >= 0.6 is 0 Å². The quantitative estimate of drug-likeness (QED) is 0.355. The van der Waals surface area contributed by atoms with Crippen LogP contribution in [0, 0.1) is 17.8 Å². The zero-order valence-electron chi connectivity index (χ0n) is 23.8. The number of hydrogen-bond donors (Lipinski definition) is 2. The molecule has 2 aliphatic carbocycles. The molecule has 39 heavy (non-hydrogen) atoms. The summed E-state index contributed by atoms with van der Waals surface area (Å²) in [7, 11) is 0. The van der Waals surface area contributed by atoms with Crippen LogP contribution in [0.3, 0.4) is 0 Å². The molecule has 0 amide bonds. The number of piperidine rings is 1. The highest BCUT2D eigenvalue weighted by molar-refractivity contribution is 5.87. The molecule has 6 rings (SSSR count). The second-order valence-corrected chi connectivity index (χ2v) is 12.6. The molecule has 2 atom stereocenters. The minimum atomic E-state index is -0.612. The second-order valence-electron chi connectivity index (χ2n) is 12.6. The monoisotopic (exact) mass is 536 g/mol. The smallest absolute Gasteiger partial charge is 0.365 e. The highest BCUT2D eigenvalue weighted by Gasteiger charge is 2.32. The van der Waals surface area contributed by atoms with E-state index in [1.807, 2.05) is 0 Å². The van der Waals surface area contributed by atoms with E-state index in [1.165, 1.54) is 70.6 Å². The molecule has 0 aromatic carbocycles. The number of rotatable bonds is 9. The van der Waals surface area contributed by atoms with Crippen molar-refractivity contribution in [3.05, 3.63) is 10.6 Å². The zero-order chi connectivity index (χ0) is 26.9. The fourth-order valence-electron chi connectivity index (χ4n) is 6.90. The predicted molar refractivity (Wildman–Crippen MR) is 153 cm³/mol.